The third-order valence-corrected chi connectivity index (χ3v) is 2.25. The van der Waals surface area contributed by atoms with Gasteiger partial charge in [-0.2, -0.15) is 0 Å². The lowest BCUT2D eigenvalue weighted by molar-refractivity contribution is 0.0129. The maximum absolute atomic E-state index is 9.78. The molecule has 0 aromatic carbocycles. The molecule has 0 saturated carbocycles. The summed E-state index contributed by atoms with van der Waals surface area (Å²) in [5, 5.41) is 13.0. The van der Waals surface area contributed by atoms with Crippen LogP contribution in [0.4, 0.5) is 0 Å². The van der Waals surface area contributed by atoms with Crippen LogP contribution in [0.2, 0.25) is 0 Å². The van der Waals surface area contributed by atoms with Gasteiger partial charge in [0.2, 0.25) is 0 Å². The molecule has 0 bridgehead atoms. The minimum absolute atomic E-state index is 0.465. The van der Waals surface area contributed by atoms with Crippen LogP contribution in [0.1, 0.15) is 26.2 Å². The molecule has 1 saturated heterocycles. The standard InChI is InChI=1S/C9H15NO/c1-3-5-9(11)6-4-8(2)10-7-9/h1,8,10-11H,4-7H2,2H3. The topological polar surface area (TPSA) is 32.3 Å². The Hall–Kier alpha value is -0.520. The van der Waals surface area contributed by atoms with Gasteiger partial charge < -0.3 is 10.4 Å². The Morgan fingerprint density at radius 2 is 2.55 bits per heavy atom. The minimum atomic E-state index is -0.638. The van der Waals surface area contributed by atoms with E-state index >= 15 is 0 Å². The van der Waals surface area contributed by atoms with Crippen LogP contribution >= 0.6 is 0 Å². The van der Waals surface area contributed by atoms with Crippen LogP contribution in [0.5, 0.6) is 0 Å². The predicted octanol–water partition coefficient (Wildman–Crippen LogP) is 0.513. The molecule has 1 aliphatic heterocycles. The van der Waals surface area contributed by atoms with Crippen LogP contribution in [0.3, 0.4) is 0 Å². The van der Waals surface area contributed by atoms with Crippen molar-refractivity contribution < 1.29 is 5.11 Å². The summed E-state index contributed by atoms with van der Waals surface area (Å²) in [4.78, 5) is 0. The van der Waals surface area contributed by atoms with Crippen LogP contribution in [0, 0.1) is 12.3 Å². The first-order chi connectivity index (χ1) is 5.16. The fraction of sp³-hybridized carbons (Fsp3) is 0.778. The third kappa shape index (κ3) is 2.21. The van der Waals surface area contributed by atoms with E-state index in [0.29, 0.717) is 19.0 Å². The number of hydrogen-bond donors (Lipinski definition) is 2. The number of terminal acetylenes is 1. The fourth-order valence-corrected chi connectivity index (χ4v) is 1.38. The van der Waals surface area contributed by atoms with E-state index in [2.05, 4.69) is 18.2 Å². The van der Waals surface area contributed by atoms with Crippen molar-refractivity contribution in [3.63, 3.8) is 0 Å². The molecule has 0 aromatic heterocycles. The van der Waals surface area contributed by atoms with Gasteiger partial charge >= 0.3 is 0 Å². The van der Waals surface area contributed by atoms with Gasteiger partial charge in [0.1, 0.15) is 0 Å². The van der Waals surface area contributed by atoms with Crippen LogP contribution in [0.25, 0.3) is 0 Å². The second-order valence-corrected chi connectivity index (χ2v) is 3.43. The Morgan fingerprint density at radius 3 is 3.00 bits per heavy atom. The van der Waals surface area contributed by atoms with Gasteiger partial charge in [-0.3, -0.25) is 0 Å². The zero-order valence-electron chi connectivity index (χ0n) is 6.93. The van der Waals surface area contributed by atoms with Crippen molar-refractivity contribution in [2.45, 2.75) is 37.8 Å². The van der Waals surface area contributed by atoms with E-state index in [-0.39, 0.29) is 0 Å². The SMILES string of the molecule is C#CCC1(O)CCC(C)NC1. The van der Waals surface area contributed by atoms with E-state index in [1.807, 2.05) is 0 Å². The van der Waals surface area contributed by atoms with E-state index in [0.717, 1.165) is 12.8 Å². The van der Waals surface area contributed by atoms with Gasteiger partial charge in [0.15, 0.2) is 0 Å². The molecule has 1 aliphatic rings. The molecule has 1 heterocycles. The lowest BCUT2D eigenvalue weighted by Crippen LogP contribution is -2.49. The van der Waals surface area contributed by atoms with E-state index < -0.39 is 5.60 Å². The summed E-state index contributed by atoms with van der Waals surface area (Å²) in [6.45, 7) is 2.76. The van der Waals surface area contributed by atoms with E-state index in [1.165, 1.54) is 0 Å². The number of β-amino-alcohol motifs (C(OH)–C–C–N with tert-alkyl or cyclic N) is 1. The lowest BCUT2D eigenvalue weighted by Gasteiger charge is -2.34. The molecule has 0 aliphatic carbocycles. The third-order valence-electron chi connectivity index (χ3n) is 2.25. The van der Waals surface area contributed by atoms with Gasteiger partial charge in [-0.25, -0.2) is 0 Å². The Bertz CT molecular complexity index is 163. The van der Waals surface area contributed by atoms with Crippen molar-refractivity contribution in [2.24, 2.45) is 0 Å². The molecule has 2 atom stereocenters. The van der Waals surface area contributed by atoms with Gasteiger partial charge in [-0.1, -0.05) is 0 Å². The van der Waals surface area contributed by atoms with Crippen LogP contribution in [-0.2, 0) is 0 Å². The zero-order valence-corrected chi connectivity index (χ0v) is 6.93. The normalized spacial score (nSPS) is 38.1. The monoisotopic (exact) mass is 153 g/mol. The molecule has 1 rings (SSSR count). The Balaban J connectivity index is 2.43. The lowest BCUT2D eigenvalue weighted by atomic mass is 9.88. The molecule has 0 amide bonds. The predicted molar refractivity (Wildman–Crippen MR) is 45.1 cm³/mol. The van der Waals surface area contributed by atoms with Gasteiger partial charge in [0.25, 0.3) is 0 Å². The molecule has 0 spiro atoms. The number of aliphatic hydroxyl groups is 1. The number of hydrogen-bond acceptors (Lipinski definition) is 2. The van der Waals surface area contributed by atoms with Crippen molar-refractivity contribution in [3.8, 4) is 12.3 Å². The maximum atomic E-state index is 9.78. The number of rotatable bonds is 1. The van der Waals surface area contributed by atoms with Crippen molar-refractivity contribution in [2.75, 3.05) is 6.54 Å². The van der Waals surface area contributed by atoms with Crippen LogP contribution in [-0.4, -0.2) is 23.3 Å². The highest BCUT2D eigenvalue weighted by molar-refractivity contribution is 4.98. The van der Waals surface area contributed by atoms with Crippen molar-refractivity contribution in [3.05, 3.63) is 0 Å². The van der Waals surface area contributed by atoms with Gasteiger partial charge in [-0.05, 0) is 19.8 Å². The molecule has 2 nitrogen and oxygen atoms in total. The highest BCUT2D eigenvalue weighted by atomic mass is 16.3. The molecule has 62 valence electrons. The first-order valence-corrected chi connectivity index (χ1v) is 4.05. The van der Waals surface area contributed by atoms with Gasteiger partial charge in [0.05, 0.1) is 5.60 Å². The second kappa shape index (κ2) is 3.25. The average molecular weight is 153 g/mol. The quantitative estimate of drug-likeness (QED) is 0.538. The van der Waals surface area contributed by atoms with Crippen molar-refractivity contribution in [1.29, 1.82) is 0 Å². The largest absolute Gasteiger partial charge is 0.388 e. The molecule has 1 fully saturated rings. The molecule has 0 aromatic rings. The molecular weight excluding hydrogens is 138 g/mol. The summed E-state index contributed by atoms with van der Waals surface area (Å²) in [5.74, 6) is 2.50. The number of piperidine rings is 1. The summed E-state index contributed by atoms with van der Waals surface area (Å²) in [5.41, 5.74) is -0.638. The highest BCUT2D eigenvalue weighted by Crippen LogP contribution is 2.21. The van der Waals surface area contributed by atoms with E-state index in [4.69, 9.17) is 6.42 Å². The average Bonchev–Trinajstić information content (AvgIpc) is 1.97. The molecule has 0 radical (unpaired) electrons. The summed E-state index contributed by atoms with van der Waals surface area (Å²) < 4.78 is 0. The summed E-state index contributed by atoms with van der Waals surface area (Å²) >= 11 is 0. The van der Waals surface area contributed by atoms with Gasteiger partial charge in [0, 0.05) is 19.0 Å². The second-order valence-electron chi connectivity index (χ2n) is 3.43. The Morgan fingerprint density at radius 1 is 1.82 bits per heavy atom. The van der Waals surface area contributed by atoms with Crippen LogP contribution in [0.15, 0.2) is 0 Å². The van der Waals surface area contributed by atoms with Crippen molar-refractivity contribution in [1.82, 2.24) is 5.32 Å². The molecule has 2 unspecified atom stereocenters. The van der Waals surface area contributed by atoms with Gasteiger partial charge in [-0.15, -0.1) is 12.3 Å². The summed E-state index contributed by atoms with van der Waals surface area (Å²) in [6.07, 6.45) is 7.44. The highest BCUT2D eigenvalue weighted by Gasteiger charge is 2.30. The Kier molecular flexibility index (Phi) is 2.53. The first kappa shape index (κ1) is 8.58. The minimum Gasteiger partial charge on any atom is -0.388 e. The molecule has 11 heavy (non-hydrogen) atoms. The summed E-state index contributed by atoms with van der Waals surface area (Å²) in [6, 6.07) is 0.521. The zero-order chi connectivity index (χ0) is 8.32. The van der Waals surface area contributed by atoms with Crippen LogP contribution < -0.4 is 5.32 Å². The maximum Gasteiger partial charge on any atom is 0.0880 e. The summed E-state index contributed by atoms with van der Waals surface area (Å²) in [7, 11) is 0. The molecular formula is C9H15NO. The molecule has 2 heteroatoms. The Labute approximate surface area is 68.0 Å². The van der Waals surface area contributed by atoms with E-state index in [9.17, 15) is 5.11 Å². The number of nitrogens with one attached hydrogen (secondary N) is 1. The molecule has 2 N–H and O–H groups in total. The first-order valence-electron chi connectivity index (χ1n) is 4.05. The van der Waals surface area contributed by atoms with Crippen molar-refractivity contribution >= 4 is 0 Å². The fourth-order valence-electron chi connectivity index (χ4n) is 1.38. The van der Waals surface area contributed by atoms with E-state index in [1.54, 1.807) is 0 Å². The smallest absolute Gasteiger partial charge is 0.0880 e.